The third kappa shape index (κ3) is 3.93. The molecule has 0 spiro atoms. The van der Waals surface area contributed by atoms with Gasteiger partial charge in [-0.2, -0.15) is 0 Å². The lowest BCUT2D eigenvalue weighted by molar-refractivity contribution is -0.155. The molecule has 3 rings (SSSR count). The molecule has 0 bridgehead atoms. The Kier molecular flexibility index (Phi) is 6.44. The van der Waals surface area contributed by atoms with Gasteiger partial charge in [0.05, 0.1) is 18.7 Å². The molecule has 1 fully saturated rings. The van der Waals surface area contributed by atoms with Crippen molar-refractivity contribution >= 4 is 11.8 Å². The third-order valence-electron chi connectivity index (χ3n) is 5.30. The summed E-state index contributed by atoms with van der Waals surface area (Å²) in [6, 6.07) is 18.3. The van der Waals surface area contributed by atoms with Gasteiger partial charge in [0.1, 0.15) is 6.61 Å². The van der Waals surface area contributed by atoms with Gasteiger partial charge in [-0.1, -0.05) is 48.5 Å². The van der Waals surface area contributed by atoms with Crippen LogP contribution in [-0.2, 0) is 9.53 Å². The summed E-state index contributed by atoms with van der Waals surface area (Å²) in [6.07, 6.45) is 0. The SMILES string of the molecule is COCC(=O)N1[C@H](CN(C)C(=O)c2ccccc2)[C@@H](c2ccccc2)[C@@H]1CO. The van der Waals surface area contributed by atoms with E-state index in [2.05, 4.69) is 0 Å². The van der Waals surface area contributed by atoms with Gasteiger partial charge in [-0.05, 0) is 17.7 Å². The van der Waals surface area contributed by atoms with E-state index >= 15 is 0 Å². The summed E-state index contributed by atoms with van der Waals surface area (Å²) in [6.45, 7) is 0.186. The molecular weight excluding hydrogens is 356 g/mol. The minimum atomic E-state index is -0.324. The van der Waals surface area contributed by atoms with Gasteiger partial charge < -0.3 is 19.6 Å². The summed E-state index contributed by atoms with van der Waals surface area (Å²) in [7, 11) is 3.21. The number of hydrogen-bond donors (Lipinski definition) is 1. The van der Waals surface area contributed by atoms with E-state index in [0.29, 0.717) is 12.1 Å². The highest BCUT2D eigenvalue weighted by Gasteiger charge is 2.51. The molecule has 6 nitrogen and oxygen atoms in total. The van der Waals surface area contributed by atoms with E-state index in [4.69, 9.17) is 4.74 Å². The molecule has 0 radical (unpaired) electrons. The van der Waals surface area contributed by atoms with Crippen LogP contribution < -0.4 is 0 Å². The highest BCUT2D eigenvalue weighted by molar-refractivity contribution is 5.94. The number of ether oxygens (including phenoxy) is 1. The van der Waals surface area contributed by atoms with Crippen molar-refractivity contribution in [3.63, 3.8) is 0 Å². The van der Waals surface area contributed by atoms with E-state index in [0.717, 1.165) is 5.56 Å². The summed E-state index contributed by atoms with van der Waals surface area (Å²) in [5.74, 6) is -0.323. The summed E-state index contributed by atoms with van der Waals surface area (Å²) in [4.78, 5) is 28.7. The number of aliphatic hydroxyl groups excluding tert-OH is 1. The lowest BCUT2D eigenvalue weighted by Crippen LogP contribution is -2.69. The van der Waals surface area contributed by atoms with Crippen molar-refractivity contribution in [3.05, 3.63) is 71.8 Å². The van der Waals surface area contributed by atoms with Crippen molar-refractivity contribution in [2.45, 2.75) is 18.0 Å². The van der Waals surface area contributed by atoms with Gasteiger partial charge in [0, 0.05) is 32.2 Å². The van der Waals surface area contributed by atoms with E-state index in [1.807, 2.05) is 48.5 Å². The minimum Gasteiger partial charge on any atom is -0.394 e. The molecule has 3 atom stereocenters. The van der Waals surface area contributed by atoms with Crippen LogP contribution in [0.5, 0.6) is 0 Å². The Morgan fingerprint density at radius 3 is 2.21 bits per heavy atom. The molecule has 0 saturated carbocycles. The topological polar surface area (TPSA) is 70.1 Å². The van der Waals surface area contributed by atoms with Crippen molar-refractivity contribution in [3.8, 4) is 0 Å². The Morgan fingerprint density at radius 2 is 1.64 bits per heavy atom. The van der Waals surface area contributed by atoms with Crippen LogP contribution in [0.1, 0.15) is 21.8 Å². The summed E-state index contributed by atoms with van der Waals surface area (Å²) in [5, 5.41) is 9.93. The maximum absolute atomic E-state index is 12.8. The summed E-state index contributed by atoms with van der Waals surface area (Å²) >= 11 is 0. The third-order valence-corrected chi connectivity index (χ3v) is 5.30. The van der Waals surface area contributed by atoms with E-state index < -0.39 is 0 Å². The number of aliphatic hydroxyl groups is 1. The Bertz CT molecular complexity index is 797. The number of hydrogen-bond acceptors (Lipinski definition) is 4. The first-order valence-corrected chi connectivity index (χ1v) is 9.35. The molecule has 28 heavy (non-hydrogen) atoms. The lowest BCUT2D eigenvalue weighted by Gasteiger charge is -2.55. The number of nitrogens with zero attached hydrogens (tertiary/aromatic N) is 2. The highest BCUT2D eigenvalue weighted by atomic mass is 16.5. The number of likely N-dealkylation sites (tertiary alicyclic amines) is 1. The second-order valence-corrected chi connectivity index (χ2v) is 7.04. The van der Waals surface area contributed by atoms with Gasteiger partial charge in [0.2, 0.25) is 5.91 Å². The van der Waals surface area contributed by atoms with Gasteiger partial charge in [-0.25, -0.2) is 0 Å². The number of rotatable bonds is 7. The van der Waals surface area contributed by atoms with Gasteiger partial charge in [-0.15, -0.1) is 0 Å². The number of carbonyl (C=O) groups is 2. The van der Waals surface area contributed by atoms with Crippen LogP contribution in [0.15, 0.2) is 60.7 Å². The number of carbonyl (C=O) groups excluding carboxylic acids is 2. The van der Waals surface area contributed by atoms with Crippen LogP contribution in [0, 0.1) is 0 Å². The Morgan fingerprint density at radius 1 is 1.04 bits per heavy atom. The van der Waals surface area contributed by atoms with Crippen LogP contribution in [0.25, 0.3) is 0 Å². The van der Waals surface area contributed by atoms with Gasteiger partial charge in [0.15, 0.2) is 0 Å². The zero-order chi connectivity index (χ0) is 20.1. The Labute approximate surface area is 165 Å². The maximum Gasteiger partial charge on any atom is 0.253 e. The van der Waals surface area contributed by atoms with Crippen molar-refractivity contribution in [1.82, 2.24) is 9.80 Å². The largest absolute Gasteiger partial charge is 0.394 e. The van der Waals surface area contributed by atoms with Crippen molar-refractivity contribution in [2.24, 2.45) is 0 Å². The first kappa shape index (κ1) is 20.0. The number of benzene rings is 2. The molecule has 0 aromatic heterocycles. The monoisotopic (exact) mass is 382 g/mol. The maximum atomic E-state index is 12.8. The molecule has 2 aromatic rings. The van der Waals surface area contributed by atoms with E-state index in [-0.39, 0.29) is 43.0 Å². The molecule has 148 valence electrons. The van der Waals surface area contributed by atoms with Crippen molar-refractivity contribution in [1.29, 1.82) is 0 Å². The molecule has 1 aliphatic heterocycles. The molecule has 0 aliphatic carbocycles. The fourth-order valence-corrected chi connectivity index (χ4v) is 4.00. The molecular formula is C22H26N2O4. The summed E-state index contributed by atoms with van der Waals surface area (Å²) in [5.41, 5.74) is 1.66. The number of likely N-dealkylation sites (N-methyl/N-ethyl adjacent to an activating group) is 1. The minimum absolute atomic E-state index is 0.0435. The lowest BCUT2D eigenvalue weighted by atomic mass is 9.74. The first-order valence-electron chi connectivity index (χ1n) is 9.35. The van der Waals surface area contributed by atoms with E-state index in [9.17, 15) is 14.7 Å². The van der Waals surface area contributed by atoms with Gasteiger partial charge in [-0.3, -0.25) is 9.59 Å². The van der Waals surface area contributed by atoms with Crippen LogP contribution in [-0.4, -0.2) is 72.7 Å². The zero-order valence-corrected chi connectivity index (χ0v) is 16.2. The summed E-state index contributed by atoms with van der Waals surface area (Å²) < 4.78 is 5.01. The average molecular weight is 382 g/mol. The fourth-order valence-electron chi connectivity index (χ4n) is 4.00. The number of methoxy groups -OCH3 is 1. The van der Waals surface area contributed by atoms with E-state index in [1.54, 1.807) is 29.0 Å². The zero-order valence-electron chi connectivity index (χ0n) is 16.2. The van der Waals surface area contributed by atoms with Crippen LogP contribution >= 0.6 is 0 Å². The van der Waals surface area contributed by atoms with Gasteiger partial charge in [0.25, 0.3) is 5.91 Å². The van der Waals surface area contributed by atoms with Gasteiger partial charge >= 0.3 is 0 Å². The molecule has 6 heteroatoms. The molecule has 1 aliphatic rings. The predicted molar refractivity (Wildman–Crippen MR) is 106 cm³/mol. The predicted octanol–water partition coefficient (Wildman–Crippen LogP) is 1.76. The molecule has 2 aromatic carbocycles. The molecule has 1 saturated heterocycles. The van der Waals surface area contributed by atoms with E-state index in [1.165, 1.54) is 7.11 Å². The second kappa shape index (κ2) is 8.99. The Balaban J connectivity index is 1.84. The van der Waals surface area contributed by atoms with Crippen LogP contribution in [0.3, 0.4) is 0 Å². The molecule has 2 amide bonds. The van der Waals surface area contributed by atoms with Crippen LogP contribution in [0.4, 0.5) is 0 Å². The quantitative estimate of drug-likeness (QED) is 0.792. The van der Waals surface area contributed by atoms with Crippen molar-refractivity contribution in [2.75, 3.05) is 33.9 Å². The Hall–Kier alpha value is -2.70. The normalized spacial score (nSPS) is 21.1. The standard InChI is InChI=1S/C22H26N2O4/c1-23(22(27)17-11-7-4-8-12-17)13-18-21(16-9-5-3-6-10-16)19(14-25)24(18)20(26)15-28-2/h3-12,18-19,21,25H,13-15H2,1-2H3/t18-,19+,21-/m1/s1. The molecule has 1 N–H and O–H groups in total. The average Bonchev–Trinajstić information content (AvgIpc) is 2.71. The smallest absolute Gasteiger partial charge is 0.253 e. The first-order chi connectivity index (χ1) is 13.6. The fraction of sp³-hybridized carbons (Fsp3) is 0.364. The van der Waals surface area contributed by atoms with Crippen LogP contribution in [0.2, 0.25) is 0 Å². The second-order valence-electron chi connectivity index (χ2n) is 7.04. The highest BCUT2D eigenvalue weighted by Crippen LogP contribution is 2.41. The molecule has 1 heterocycles. The number of amides is 2. The van der Waals surface area contributed by atoms with Crippen molar-refractivity contribution < 1.29 is 19.4 Å². The molecule has 0 unspecified atom stereocenters.